The van der Waals surface area contributed by atoms with Crippen LogP contribution in [0.1, 0.15) is 25.3 Å². The van der Waals surface area contributed by atoms with Crippen molar-refractivity contribution < 1.29 is 4.79 Å². The van der Waals surface area contributed by atoms with Gasteiger partial charge in [0, 0.05) is 30.5 Å². The zero-order valence-corrected chi connectivity index (χ0v) is 9.16. The predicted molar refractivity (Wildman–Crippen MR) is 60.5 cm³/mol. The standard InChI is InChI=1S/C11H17N3O/c1-3-9(12)6-11(15)14-10-4-5-13-7-8(10)2/h4-5,7,9H,3,6,12H2,1-2H3,(H,13,14,15). The van der Waals surface area contributed by atoms with E-state index in [4.69, 9.17) is 5.73 Å². The van der Waals surface area contributed by atoms with E-state index in [1.165, 1.54) is 0 Å². The van der Waals surface area contributed by atoms with E-state index in [0.717, 1.165) is 17.7 Å². The van der Waals surface area contributed by atoms with Crippen LogP contribution in [-0.2, 0) is 4.79 Å². The lowest BCUT2D eigenvalue weighted by Crippen LogP contribution is -2.26. The number of hydrogen-bond donors (Lipinski definition) is 2. The van der Waals surface area contributed by atoms with Gasteiger partial charge in [-0.3, -0.25) is 9.78 Å². The van der Waals surface area contributed by atoms with Crippen molar-refractivity contribution in [3.63, 3.8) is 0 Å². The highest BCUT2D eigenvalue weighted by atomic mass is 16.1. The van der Waals surface area contributed by atoms with Crippen molar-refractivity contribution in [1.82, 2.24) is 4.98 Å². The van der Waals surface area contributed by atoms with E-state index in [0.29, 0.717) is 6.42 Å². The summed E-state index contributed by atoms with van der Waals surface area (Å²) in [5.41, 5.74) is 7.45. The Kier molecular flexibility index (Phi) is 4.24. The molecule has 0 saturated heterocycles. The molecule has 0 spiro atoms. The van der Waals surface area contributed by atoms with Crippen LogP contribution in [0.4, 0.5) is 5.69 Å². The Hall–Kier alpha value is -1.42. The Morgan fingerprint density at radius 1 is 1.67 bits per heavy atom. The van der Waals surface area contributed by atoms with Gasteiger partial charge >= 0.3 is 0 Å². The lowest BCUT2D eigenvalue weighted by atomic mass is 10.1. The van der Waals surface area contributed by atoms with Crippen LogP contribution in [0.25, 0.3) is 0 Å². The lowest BCUT2D eigenvalue weighted by Gasteiger charge is -2.10. The molecule has 0 aliphatic heterocycles. The van der Waals surface area contributed by atoms with Crippen molar-refractivity contribution in [3.05, 3.63) is 24.0 Å². The molecule has 1 aromatic rings. The van der Waals surface area contributed by atoms with Gasteiger partial charge in [-0.2, -0.15) is 0 Å². The number of nitrogens with zero attached hydrogens (tertiary/aromatic N) is 1. The predicted octanol–water partition coefficient (Wildman–Crippen LogP) is 1.46. The van der Waals surface area contributed by atoms with Gasteiger partial charge in [0.25, 0.3) is 0 Å². The molecule has 1 atom stereocenters. The molecule has 1 amide bonds. The highest BCUT2D eigenvalue weighted by molar-refractivity contribution is 5.91. The summed E-state index contributed by atoms with van der Waals surface area (Å²) in [5.74, 6) is -0.0429. The zero-order valence-electron chi connectivity index (χ0n) is 9.16. The maximum atomic E-state index is 11.5. The first-order chi connectivity index (χ1) is 7.13. The van der Waals surface area contributed by atoms with Gasteiger partial charge < -0.3 is 11.1 Å². The molecule has 0 aliphatic carbocycles. The molecule has 3 N–H and O–H groups in total. The van der Waals surface area contributed by atoms with Crippen LogP contribution >= 0.6 is 0 Å². The summed E-state index contributed by atoms with van der Waals surface area (Å²) < 4.78 is 0. The Morgan fingerprint density at radius 3 is 3.00 bits per heavy atom. The fourth-order valence-corrected chi connectivity index (χ4v) is 1.20. The average Bonchev–Trinajstić information content (AvgIpc) is 2.21. The summed E-state index contributed by atoms with van der Waals surface area (Å²) in [5, 5.41) is 2.82. The Labute approximate surface area is 89.9 Å². The molecule has 1 unspecified atom stereocenters. The maximum Gasteiger partial charge on any atom is 0.225 e. The van der Waals surface area contributed by atoms with Gasteiger partial charge in [-0.1, -0.05) is 6.92 Å². The van der Waals surface area contributed by atoms with Gasteiger partial charge in [-0.15, -0.1) is 0 Å². The van der Waals surface area contributed by atoms with Crippen molar-refractivity contribution in [2.24, 2.45) is 5.73 Å². The first-order valence-electron chi connectivity index (χ1n) is 5.09. The van der Waals surface area contributed by atoms with E-state index >= 15 is 0 Å². The fourth-order valence-electron chi connectivity index (χ4n) is 1.20. The molecular formula is C11H17N3O. The molecule has 4 nitrogen and oxygen atoms in total. The summed E-state index contributed by atoms with van der Waals surface area (Å²) in [7, 11) is 0. The highest BCUT2D eigenvalue weighted by Gasteiger charge is 2.08. The lowest BCUT2D eigenvalue weighted by molar-refractivity contribution is -0.116. The van der Waals surface area contributed by atoms with E-state index in [-0.39, 0.29) is 11.9 Å². The quantitative estimate of drug-likeness (QED) is 0.785. The third kappa shape index (κ3) is 3.67. The average molecular weight is 207 g/mol. The van der Waals surface area contributed by atoms with E-state index in [1.54, 1.807) is 18.5 Å². The Bertz CT molecular complexity index is 338. The minimum Gasteiger partial charge on any atom is -0.327 e. The number of anilines is 1. The van der Waals surface area contributed by atoms with Gasteiger partial charge in [0.2, 0.25) is 5.91 Å². The van der Waals surface area contributed by atoms with Crippen LogP contribution in [0.15, 0.2) is 18.5 Å². The fraction of sp³-hybridized carbons (Fsp3) is 0.455. The van der Waals surface area contributed by atoms with Crippen LogP contribution in [0.5, 0.6) is 0 Å². The van der Waals surface area contributed by atoms with Crippen LogP contribution in [0.3, 0.4) is 0 Å². The normalized spacial score (nSPS) is 12.2. The number of aromatic nitrogens is 1. The summed E-state index contributed by atoms with van der Waals surface area (Å²) in [6, 6.07) is 1.72. The number of carbonyl (C=O) groups excluding carboxylic acids is 1. The molecule has 0 aromatic carbocycles. The Morgan fingerprint density at radius 2 is 2.40 bits per heavy atom. The monoisotopic (exact) mass is 207 g/mol. The molecule has 0 bridgehead atoms. The second kappa shape index (κ2) is 5.46. The molecule has 1 rings (SSSR count). The molecule has 0 radical (unpaired) electrons. The number of rotatable bonds is 4. The number of carbonyl (C=O) groups is 1. The van der Waals surface area contributed by atoms with E-state index < -0.39 is 0 Å². The molecule has 0 saturated carbocycles. The second-order valence-electron chi connectivity index (χ2n) is 3.61. The highest BCUT2D eigenvalue weighted by Crippen LogP contribution is 2.12. The number of pyridine rings is 1. The first kappa shape index (κ1) is 11.7. The Balaban J connectivity index is 2.55. The van der Waals surface area contributed by atoms with Crippen molar-refractivity contribution in [2.45, 2.75) is 32.7 Å². The zero-order chi connectivity index (χ0) is 11.3. The van der Waals surface area contributed by atoms with E-state index in [2.05, 4.69) is 10.3 Å². The van der Waals surface area contributed by atoms with Crippen molar-refractivity contribution in [2.75, 3.05) is 5.32 Å². The van der Waals surface area contributed by atoms with Gasteiger partial charge in [-0.05, 0) is 25.0 Å². The van der Waals surface area contributed by atoms with Gasteiger partial charge in [0.1, 0.15) is 0 Å². The number of nitrogens with two attached hydrogens (primary N) is 1. The SMILES string of the molecule is CCC(N)CC(=O)Nc1ccncc1C. The third-order valence-electron chi connectivity index (χ3n) is 2.27. The molecule has 0 aliphatic rings. The van der Waals surface area contributed by atoms with E-state index in [1.807, 2.05) is 13.8 Å². The summed E-state index contributed by atoms with van der Waals surface area (Å²) >= 11 is 0. The molecule has 0 fully saturated rings. The van der Waals surface area contributed by atoms with Crippen molar-refractivity contribution in [3.8, 4) is 0 Å². The number of hydrogen-bond acceptors (Lipinski definition) is 3. The minimum atomic E-state index is -0.0628. The van der Waals surface area contributed by atoms with Gasteiger partial charge in [0.15, 0.2) is 0 Å². The maximum absolute atomic E-state index is 11.5. The smallest absolute Gasteiger partial charge is 0.225 e. The third-order valence-corrected chi connectivity index (χ3v) is 2.27. The molecule has 82 valence electrons. The van der Waals surface area contributed by atoms with Crippen molar-refractivity contribution >= 4 is 11.6 Å². The molecule has 1 heterocycles. The summed E-state index contributed by atoms with van der Waals surface area (Å²) in [6.45, 7) is 3.87. The number of aryl methyl sites for hydroxylation is 1. The molecule has 15 heavy (non-hydrogen) atoms. The van der Waals surface area contributed by atoms with Crippen molar-refractivity contribution in [1.29, 1.82) is 0 Å². The summed E-state index contributed by atoms with van der Waals surface area (Å²) in [6.07, 6.45) is 4.54. The summed E-state index contributed by atoms with van der Waals surface area (Å²) in [4.78, 5) is 15.5. The van der Waals surface area contributed by atoms with Gasteiger partial charge in [0.05, 0.1) is 0 Å². The minimum absolute atomic E-state index is 0.0429. The first-order valence-corrected chi connectivity index (χ1v) is 5.09. The molecule has 1 aromatic heterocycles. The topological polar surface area (TPSA) is 68.0 Å². The number of amides is 1. The van der Waals surface area contributed by atoms with Crippen LogP contribution in [0.2, 0.25) is 0 Å². The van der Waals surface area contributed by atoms with Gasteiger partial charge in [-0.25, -0.2) is 0 Å². The number of nitrogens with one attached hydrogen (secondary N) is 1. The second-order valence-corrected chi connectivity index (χ2v) is 3.61. The van der Waals surface area contributed by atoms with E-state index in [9.17, 15) is 4.79 Å². The van der Waals surface area contributed by atoms with Crippen LogP contribution in [-0.4, -0.2) is 16.9 Å². The molecule has 4 heteroatoms. The van der Waals surface area contributed by atoms with Crippen LogP contribution < -0.4 is 11.1 Å². The largest absolute Gasteiger partial charge is 0.327 e. The van der Waals surface area contributed by atoms with Crippen LogP contribution in [0, 0.1) is 6.92 Å². The molecular weight excluding hydrogens is 190 g/mol.